The molecule has 0 atom stereocenters. The highest BCUT2D eigenvalue weighted by atomic mass is 35.5. The van der Waals surface area contributed by atoms with E-state index in [1.807, 2.05) is 48.5 Å². The number of methoxy groups -OCH3 is 2. The van der Waals surface area contributed by atoms with Crippen molar-refractivity contribution in [3.8, 4) is 34.0 Å². The molecule has 0 spiro atoms. The van der Waals surface area contributed by atoms with E-state index in [1.165, 1.54) is 12.1 Å². The van der Waals surface area contributed by atoms with E-state index < -0.39 is 5.82 Å². The summed E-state index contributed by atoms with van der Waals surface area (Å²) in [7, 11) is 3.22. The zero-order valence-corrected chi connectivity index (χ0v) is 18.4. The Morgan fingerprint density at radius 3 is 2.16 bits per heavy atom. The summed E-state index contributed by atoms with van der Waals surface area (Å²) in [6.07, 6.45) is 0. The van der Waals surface area contributed by atoms with Gasteiger partial charge in [-0.15, -0.1) is 0 Å². The molecule has 0 fully saturated rings. The summed E-state index contributed by atoms with van der Waals surface area (Å²) in [6, 6.07) is 19.4. The molecule has 158 valence electrons. The van der Waals surface area contributed by atoms with Gasteiger partial charge in [0.1, 0.15) is 23.0 Å². The summed E-state index contributed by atoms with van der Waals surface area (Å²) in [5.41, 5.74) is 3.70. The number of nitrogens with zero attached hydrogens (tertiary/aromatic N) is 2. The summed E-state index contributed by atoms with van der Waals surface area (Å²) in [6.45, 7) is 0.315. The normalized spacial score (nSPS) is 10.9. The van der Waals surface area contributed by atoms with Crippen LogP contribution in [0.1, 0.15) is 5.56 Å². The molecule has 0 unspecified atom stereocenters. The number of benzene rings is 3. The van der Waals surface area contributed by atoms with Crippen molar-refractivity contribution >= 4 is 23.2 Å². The number of aromatic nitrogens is 2. The van der Waals surface area contributed by atoms with Gasteiger partial charge in [0, 0.05) is 16.1 Å². The second kappa shape index (κ2) is 9.00. The molecule has 1 aromatic heterocycles. The fourth-order valence-electron chi connectivity index (χ4n) is 3.37. The molecule has 7 heteroatoms. The molecule has 0 aliphatic heterocycles. The Kier molecular flexibility index (Phi) is 6.16. The molecule has 0 aliphatic carbocycles. The number of ether oxygens (including phenoxy) is 2. The largest absolute Gasteiger partial charge is 0.497 e. The van der Waals surface area contributed by atoms with E-state index in [9.17, 15) is 4.39 Å². The fraction of sp³-hybridized carbons (Fsp3) is 0.125. The third-order valence-electron chi connectivity index (χ3n) is 4.92. The van der Waals surface area contributed by atoms with Gasteiger partial charge in [-0.1, -0.05) is 53.5 Å². The van der Waals surface area contributed by atoms with Crippen LogP contribution in [0.4, 0.5) is 4.39 Å². The third-order valence-corrected chi connectivity index (χ3v) is 5.63. The minimum absolute atomic E-state index is 0.315. The maximum atomic E-state index is 13.5. The average molecular weight is 457 g/mol. The zero-order chi connectivity index (χ0) is 22.0. The van der Waals surface area contributed by atoms with Crippen LogP contribution in [-0.2, 0) is 6.54 Å². The van der Waals surface area contributed by atoms with Gasteiger partial charge < -0.3 is 9.47 Å². The standard InChI is InChI=1S/C24H19Cl2FN2O2/c1-30-19-7-3-5-15(11-19)23-22(26)24(16-6-4-8-20(12-16)31-2)29(28-23)14-17-9-10-18(27)13-21(17)25/h3-13H,14H2,1-2H3. The van der Waals surface area contributed by atoms with E-state index in [0.717, 1.165) is 16.7 Å². The Hall–Kier alpha value is -3.02. The quantitative estimate of drug-likeness (QED) is 0.322. The van der Waals surface area contributed by atoms with Crippen molar-refractivity contribution in [1.82, 2.24) is 9.78 Å². The highest BCUT2D eigenvalue weighted by Crippen LogP contribution is 2.39. The van der Waals surface area contributed by atoms with Crippen molar-refractivity contribution in [3.63, 3.8) is 0 Å². The molecular weight excluding hydrogens is 438 g/mol. The van der Waals surface area contributed by atoms with E-state index in [-0.39, 0.29) is 0 Å². The van der Waals surface area contributed by atoms with Gasteiger partial charge in [0.15, 0.2) is 0 Å². The van der Waals surface area contributed by atoms with Crippen molar-refractivity contribution in [2.45, 2.75) is 6.54 Å². The molecule has 1 heterocycles. The second-order valence-electron chi connectivity index (χ2n) is 6.87. The van der Waals surface area contributed by atoms with Gasteiger partial charge in [-0.25, -0.2) is 4.39 Å². The van der Waals surface area contributed by atoms with Gasteiger partial charge in [-0.05, 0) is 42.0 Å². The molecule has 31 heavy (non-hydrogen) atoms. The van der Waals surface area contributed by atoms with E-state index in [1.54, 1.807) is 25.0 Å². The van der Waals surface area contributed by atoms with Crippen LogP contribution >= 0.6 is 23.2 Å². The first kappa shape index (κ1) is 21.2. The first-order valence-electron chi connectivity index (χ1n) is 9.49. The van der Waals surface area contributed by atoms with Gasteiger partial charge in [0.05, 0.1) is 31.5 Å². The molecule has 0 bridgehead atoms. The Balaban J connectivity index is 1.88. The second-order valence-corrected chi connectivity index (χ2v) is 7.65. The molecule has 0 N–H and O–H groups in total. The van der Waals surface area contributed by atoms with Gasteiger partial charge in [0.25, 0.3) is 0 Å². The van der Waals surface area contributed by atoms with Crippen LogP contribution in [0.15, 0.2) is 66.7 Å². The summed E-state index contributed by atoms with van der Waals surface area (Å²) < 4.78 is 26.0. The van der Waals surface area contributed by atoms with Crippen LogP contribution in [0.2, 0.25) is 10.0 Å². The highest BCUT2D eigenvalue weighted by molar-refractivity contribution is 6.35. The van der Waals surface area contributed by atoms with E-state index in [4.69, 9.17) is 37.8 Å². The average Bonchev–Trinajstić information content (AvgIpc) is 3.11. The highest BCUT2D eigenvalue weighted by Gasteiger charge is 2.21. The van der Waals surface area contributed by atoms with Gasteiger partial charge in [0.2, 0.25) is 0 Å². The van der Waals surface area contributed by atoms with Gasteiger partial charge in [-0.2, -0.15) is 5.10 Å². The lowest BCUT2D eigenvalue weighted by Gasteiger charge is -2.11. The molecule has 3 aromatic carbocycles. The molecule has 4 rings (SSSR count). The van der Waals surface area contributed by atoms with Crippen molar-refractivity contribution in [2.24, 2.45) is 0 Å². The fourth-order valence-corrected chi connectivity index (χ4v) is 3.95. The molecular formula is C24H19Cl2FN2O2. The number of halogens is 3. The van der Waals surface area contributed by atoms with E-state index >= 15 is 0 Å². The minimum Gasteiger partial charge on any atom is -0.497 e. The van der Waals surface area contributed by atoms with E-state index in [2.05, 4.69) is 0 Å². The molecule has 0 radical (unpaired) electrons. The van der Waals surface area contributed by atoms with Crippen LogP contribution in [0, 0.1) is 5.82 Å². The number of hydrogen-bond acceptors (Lipinski definition) is 3. The van der Waals surface area contributed by atoms with Gasteiger partial charge in [-0.3, -0.25) is 4.68 Å². The Bertz CT molecular complexity index is 1240. The molecule has 0 saturated heterocycles. The summed E-state index contributed by atoms with van der Waals surface area (Å²) in [5.74, 6) is 1.01. The van der Waals surface area contributed by atoms with Crippen LogP contribution < -0.4 is 9.47 Å². The van der Waals surface area contributed by atoms with Crippen molar-refractivity contribution in [1.29, 1.82) is 0 Å². The first-order chi connectivity index (χ1) is 15.0. The predicted octanol–water partition coefficient (Wildman–Crippen LogP) is 6.73. The van der Waals surface area contributed by atoms with Crippen molar-refractivity contribution in [2.75, 3.05) is 14.2 Å². The third kappa shape index (κ3) is 4.38. The summed E-state index contributed by atoms with van der Waals surface area (Å²) in [5, 5.41) is 5.59. The Morgan fingerprint density at radius 2 is 1.52 bits per heavy atom. The monoisotopic (exact) mass is 456 g/mol. The molecule has 4 nitrogen and oxygen atoms in total. The Morgan fingerprint density at radius 1 is 0.871 bits per heavy atom. The smallest absolute Gasteiger partial charge is 0.124 e. The van der Waals surface area contributed by atoms with Crippen molar-refractivity contribution in [3.05, 3.63) is 88.2 Å². The molecule has 0 amide bonds. The maximum absolute atomic E-state index is 13.5. The molecule has 0 saturated carbocycles. The Labute approximate surface area is 189 Å². The van der Waals surface area contributed by atoms with Crippen LogP contribution in [0.5, 0.6) is 11.5 Å². The minimum atomic E-state index is -0.391. The summed E-state index contributed by atoms with van der Waals surface area (Å²) >= 11 is 13.1. The lowest BCUT2D eigenvalue weighted by atomic mass is 10.1. The molecule has 4 aromatic rings. The lowest BCUT2D eigenvalue weighted by Crippen LogP contribution is -2.05. The number of hydrogen-bond donors (Lipinski definition) is 0. The number of rotatable bonds is 6. The lowest BCUT2D eigenvalue weighted by molar-refractivity contribution is 0.415. The topological polar surface area (TPSA) is 36.3 Å². The predicted molar refractivity (Wildman–Crippen MR) is 122 cm³/mol. The maximum Gasteiger partial charge on any atom is 0.124 e. The van der Waals surface area contributed by atoms with Crippen LogP contribution in [0.25, 0.3) is 22.5 Å². The zero-order valence-electron chi connectivity index (χ0n) is 16.9. The molecule has 0 aliphatic rings. The summed E-state index contributed by atoms with van der Waals surface area (Å²) in [4.78, 5) is 0. The van der Waals surface area contributed by atoms with Crippen LogP contribution in [0.3, 0.4) is 0 Å². The SMILES string of the molecule is COc1cccc(-c2nn(Cc3ccc(F)cc3Cl)c(-c3cccc(OC)c3)c2Cl)c1. The first-order valence-corrected chi connectivity index (χ1v) is 10.2. The van der Waals surface area contributed by atoms with E-state index in [0.29, 0.717) is 39.5 Å². The van der Waals surface area contributed by atoms with Crippen LogP contribution in [-0.4, -0.2) is 24.0 Å². The van der Waals surface area contributed by atoms with Gasteiger partial charge >= 0.3 is 0 Å². The van der Waals surface area contributed by atoms with Crippen molar-refractivity contribution < 1.29 is 13.9 Å².